The number of methoxy groups -OCH3 is 1. The van der Waals surface area contributed by atoms with Gasteiger partial charge >= 0.3 is 5.97 Å². The van der Waals surface area contributed by atoms with E-state index in [4.69, 9.17) is 10.5 Å². The van der Waals surface area contributed by atoms with Crippen LogP contribution in [0, 0.1) is 5.92 Å². The summed E-state index contributed by atoms with van der Waals surface area (Å²) in [6, 6.07) is 4.56. The Kier molecular flexibility index (Phi) is 6.37. The SMILES string of the molecule is COc1ccc(C(=O)O/N=C(/C)N)cc1NC(=O)CC(C)C. The molecule has 0 aromatic heterocycles. The summed E-state index contributed by atoms with van der Waals surface area (Å²) in [7, 11) is 1.48. The van der Waals surface area contributed by atoms with Crippen LogP contribution in [0.3, 0.4) is 0 Å². The van der Waals surface area contributed by atoms with Gasteiger partial charge in [0.15, 0.2) is 0 Å². The molecule has 1 aromatic rings. The molecule has 120 valence electrons. The molecule has 0 atom stereocenters. The van der Waals surface area contributed by atoms with Gasteiger partial charge < -0.3 is 20.6 Å². The number of rotatable bonds is 6. The summed E-state index contributed by atoms with van der Waals surface area (Å²) >= 11 is 0. The van der Waals surface area contributed by atoms with Crippen molar-refractivity contribution in [2.75, 3.05) is 12.4 Å². The Labute approximate surface area is 129 Å². The third kappa shape index (κ3) is 5.43. The lowest BCUT2D eigenvalue weighted by Gasteiger charge is -2.12. The Morgan fingerprint density at radius 1 is 1.36 bits per heavy atom. The third-order valence-corrected chi connectivity index (χ3v) is 2.58. The van der Waals surface area contributed by atoms with Crippen molar-refractivity contribution in [1.29, 1.82) is 0 Å². The third-order valence-electron chi connectivity index (χ3n) is 2.58. The van der Waals surface area contributed by atoms with Gasteiger partial charge in [-0.1, -0.05) is 19.0 Å². The van der Waals surface area contributed by atoms with E-state index in [1.807, 2.05) is 13.8 Å². The monoisotopic (exact) mass is 307 g/mol. The summed E-state index contributed by atoms with van der Waals surface area (Å²) in [5, 5.41) is 6.12. The van der Waals surface area contributed by atoms with Crippen molar-refractivity contribution < 1.29 is 19.2 Å². The van der Waals surface area contributed by atoms with Crippen molar-refractivity contribution in [2.24, 2.45) is 16.8 Å². The summed E-state index contributed by atoms with van der Waals surface area (Å²) in [4.78, 5) is 28.4. The van der Waals surface area contributed by atoms with Gasteiger partial charge in [0.2, 0.25) is 5.91 Å². The second kappa shape index (κ2) is 8.02. The Morgan fingerprint density at radius 3 is 2.59 bits per heavy atom. The predicted octanol–water partition coefficient (Wildman–Crippen LogP) is 2.13. The van der Waals surface area contributed by atoms with Crippen LogP contribution >= 0.6 is 0 Å². The van der Waals surface area contributed by atoms with Crippen LogP contribution in [0.5, 0.6) is 5.75 Å². The minimum absolute atomic E-state index is 0.132. The number of hydrogen-bond acceptors (Lipinski definition) is 5. The highest BCUT2D eigenvalue weighted by atomic mass is 16.7. The molecule has 1 amide bonds. The van der Waals surface area contributed by atoms with Crippen LogP contribution in [0.1, 0.15) is 37.6 Å². The molecule has 3 N–H and O–H groups in total. The van der Waals surface area contributed by atoms with Gasteiger partial charge in [-0.2, -0.15) is 0 Å². The minimum Gasteiger partial charge on any atom is -0.495 e. The molecule has 0 aliphatic rings. The minimum atomic E-state index is -0.674. The largest absolute Gasteiger partial charge is 0.495 e. The van der Waals surface area contributed by atoms with E-state index in [-0.39, 0.29) is 23.2 Å². The molecule has 0 aliphatic carbocycles. The number of amides is 1. The van der Waals surface area contributed by atoms with E-state index >= 15 is 0 Å². The van der Waals surface area contributed by atoms with Gasteiger partial charge in [-0.3, -0.25) is 4.79 Å². The first-order valence-electron chi connectivity index (χ1n) is 6.82. The quantitative estimate of drug-likeness (QED) is 0.363. The van der Waals surface area contributed by atoms with Crippen molar-refractivity contribution in [1.82, 2.24) is 0 Å². The van der Waals surface area contributed by atoms with Crippen LogP contribution in [-0.4, -0.2) is 24.8 Å². The number of anilines is 1. The summed E-state index contributed by atoms with van der Waals surface area (Å²) in [6.07, 6.45) is 0.370. The zero-order valence-electron chi connectivity index (χ0n) is 13.2. The Morgan fingerprint density at radius 2 is 2.05 bits per heavy atom. The molecular formula is C15H21N3O4. The van der Waals surface area contributed by atoms with Gasteiger partial charge in [-0.05, 0) is 31.0 Å². The fourth-order valence-electron chi connectivity index (χ4n) is 1.67. The normalized spacial score (nSPS) is 11.2. The van der Waals surface area contributed by atoms with Gasteiger partial charge in [0.05, 0.1) is 18.4 Å². The fourth-order valence-corrected chi connectivity index (χ4v) is 1.67. The number of ether oxygens (including phenoxy) is 1. The fraction of sp³-hybridized carbons (Fsp3) is 0.400. The maximum atomic E-state index is 11.9. The highest BCUT2D eigenvalue weighted by Crippen LogP contribution is 2.26. The second-order valence-corrected chi connectivity index (χ2v) is 5.17. The molecule has 0 fully saturated rings. The predicted molar refractivity (Wildman–Crippen MR) is 83.8 cm³/mol. The molecular weight excluding hydrogens is 286 g/mol. The number of carbonyl (C=O) groups excluding carboxylic acids is 2. The lowest BCUT2D eigenvalue weighted by Crippen LogP contribution is -2.15. The highest BCUT2D eigenvalue weighted by Gasteiger charge is 2.14. The molecule has 0 heterocycles. The van der Waals surface area contributed by atoms with Crippen molar-refractivity contribution in [3.05, 3.63) is 23.8 Å². The second-order valence-electron chi connectivity index (χ2n) is 5.17. The molecule has 7 nitrogen and oxygen atoms in total. The first-order valence-corrected chi connectivity index (χ1v) is 6.82. The van der Waals surface area contributed by atoms with E-state index < -0.39 is 5.97 Å². The number of amidine groups is 1. The van der Waals surface area contributed by atoms with Crippen LogP contribution < -0.4 is 15.8 Å². The summed E-state index contributed by atoms with van der Waals surface area (Å²) in [6.45, 7) is 5.38. The van der Waals surface area contributed by atoms with E-state index in [9.17, 15) is 9.59 Å². The maximum absolute atomic E-state index is 11.9. The Bertz CT molecular complexity index is 578. The van der Waals surface area contributed by atoms with Crippen LogP contribution in [0.25, 0.3) is 0 Å². The molecule has 7 heteroatoms. The molecule has 0 unspecified atom stereocenters. The van der Waals surface area contributed by atoms with Gasteiger partial charge in [0.1, 0.15) is 11.6 Å². The van der Waals surface area contributed by atoms with E-state index in [1.54, 1.807) is 6.07 Å². The van der Waals surface area contributed by atoms with Crippen LogP contribution in [-0.2, 0) is 9.63 Å². The summed E-state index contributed by atoms with van der Waals surface area (Å²) < 4.78 is 5.17. The zero-order chi connectivity index (χ0) is 16.7. The molecule has 0 aliphatic heterocycles. The van der Waals surface area contributed by atoms with E-state index in [0.717, 1.165) is 0 Å². The topological polar surface area (TPSA) is 103 Å². The van der Waals surface area contributed by atoms with Gasteiger partial charge in [-0.25, -0.2) is 4.79 Å². The first-order chi connectivity index (χ1) is 10.3. The lowest BCUT2D eigenvalue weighted by molar-refractivity contribution is -0.116. The van der Waals surface area contributed by atoms with Crippen LogP contribution in [0.15, 0.2) is 23.4 Å². The molecule has 0 saturated carbocycles. The van der Waals surface area contributed by atoms with Crippen LogP contribution in [0.4, 0.5) is 5.69 Å². The molecule has 22 heavy (non-hydrogen) atoms. The lowest BCUT2D eigenvalue weighted by atomic mass is 10.1. The molecule has 0 bridgehead atoms. The number of hydrogen-bond donors (Lipinski definition) is 2. The average Bonchev–Trinajstić information content (AvgIpc) is 2.43. The maximum Gasteiger partial charge on any atom is 0.365 e. The Hall–Kier alpha value is -2.57. The smallest absolute Gasteiger partial charge is 0.365 e. The number of carbonyl (C=O) groups is 2. The number of benzene rings is 1. The standard InChI is InChI=1S/C15H21N3O4/c1-9(2)7-14(19)17-12-8-11(5-6-13(12)21-4)15(20)22-18-10(3)16/h5-6,8-9H,7H2,1-4H3,(H2,16,18)(H,17,19). The first kappa shape index (κ1) is 17.5. The van der Waals surface area contributed by atoms with Gasteiger partial charge in [0, 0.05) is 6.42 Å². The van der Waals surface area contributed by atoms with Crippen molar-refractivity contribution >= 4 is 23.4 Å². The number of oxime groups is 1. The number of nitrogens with zero attached hydrogens (tertiary/aromatic N) is 1. The van der Waals surface area contributed by atoms with E-state index in [0.29, 0.717) is 17.9 Å². The summed E-state index contributed by atoms with van der Waals surface area (Å²) in [5.41, 5.74) is 5.93. The number of nitrogens with two attached hydrogens (primary N) is 1. The molecule has 0 radical (unpaired) electrons. The Balaban J connectivity index is 2.95. The van der Waals surface area contributed by atoms with Crippen molar-refractivity contribution in [3.8, 4) is 5.75 Å². The molecule has 1 aromatic carbocycles. The number of nitrogens with one attached hydrogen (secondary N) is 1. The highest BCUT2D eigenvalue weighted by molar-refractivity contribution is 5.96. The van der Waals surface area contributed by atoms with Crippen LogP contribution in [0.2, 0.25) is 0 Å². The van der Waals surface area contributed by atoms with Gasteiger partial charge in [0.25, 0.3) is 0 Å². The van der Waals surface area contributed by atoms with Crippen molar-refractivity contribution in [3.63, 3.8) is 0 Å². The van der Waals surface area contributed by atoms with E-state index in [1.165, 1.54) is 26.2 Å². The van der Waals surface area contributed by atoms with Crippen molar-refractivity contribution in [2.45, 2.75) is 27.2 Å². The summed E-state index contributed by atoms with van der Waals surface area (Å²) in [5.74, 6) is -0.0260. The molecule has 0 saturated heterocycles. The van der Waals surface area contributed by atoms with E-state index in [2.05, 4.69) is 15.3 Å². The molecule has 0 spiro atoms. The zero-order valence-corrected chi connectivity index (χ0v) is 13.2. The van der Waals surface area contributed by atoms with Gasteiger partial charge in [-0.15, -0.1) is 0 Å². The molecule has 1 rings (SSSR count). The average molecular weight is 307 g/mol.